The molecule has 0 spiro atoms. The number of nitrogens with zero attached hydrogens (tertiary/aromatic N) is 2. The van der Waals surface area contributed by atoms with Crippen LogP contribution in [0.1, 0.15) is 5.56 Å². The first-order chi connectivity index (χ1) is 10.3. The lowest BCUT2D eigenvalue weighted by Crippen LogP contribution is -2.06. The molecule has 0 saturated carbocycles. The zero-order valence-corrected chi connectivity index (χ0v) is 13.7. The number of aryl methyl sites for hydroxylation is 1. The van der Waals surface area contributed by atoms with Crippen molar-refractivity contribution in [2.75, 3.05) is 14.1 Å². The van der Waals surface area contributed by atoms with Gasteiger partial charge in [-0.25, -0.2) is 4.99 Å². The standard InChI is InChI=1S/C9H12N2.C7H8O3S/c1-11(2)8-10-9-6-4-3-5-7-9;1-6-2-4-7(5-3-6)11(8,9)10/h3-8H,1-2H3;2-5H,1H3,(H,8,9,10). The summed E-state index contributed by atoms with van der Waals surface area (Å²) in [7, 11) is -0.118. The van der Waals surface area contributed by atoms with Gasteiger partial charge in [-0.05, 0) is 31.2 Å². The third-order valence-corrected chi connectivity index (χ3v) is 3.38. The van der Waals surface area contributed by atoms with Crippen LogP contribution < -0.4 is 0 Å². The van der Waals surface area contributed by atoms with Crippen LogP contribution in [0.3, 0.4) is 0 Å². The van der Waals surface area contributed by atoms with E-state index in [1.54, 1.807) is 18.5 Å². The molecule has 0 amide bonds. The van der Waals surface area contributed by atoms with E-state index in [-0.39, 0.29) is 4.90 Å². The molecule has 0 atom stereocenters. The first-order valence-corrected chi connectivity index (χ1v) is 8.03. The van der Waals surface area contributed by atoms with Crippen molar-refractivity contribution < 1.29 is 13.0 Å². The number of hydrogen-bond acceptors (Lipinski definition) is 3. The van der Waals surface area contributed by atoms with Crippen molar-refractivity contribution in [3.63, 3.8) is 0 Å². The summed E-state index contributed by atoms with van der Waals surface area (Å²) in [4.78, 5) is 6.05. The third kappa shape index (κ3) is 7.01. The lowest BCUT2D eigenvalue weighted by molar-refractivity contribution is 0.483. The predicted molar refractivity (Wildman–Crippen MR) is 89.3 cm³/mol. The van der Waals surface area contributed by atoms with Gasteiger partial charge in [-0.2, -0.15) is 8.42 Å². The molecule has 0 aliphatic rings. The normalized spacial score (nSPS) is 10.9. The second-order valence-electron chi connectivity index (χ2n) is 4.83. The topological polar surface area (TPSA) is 70.0 Å². The average molecular weight is 320 g/mol. The van der Waals surface area contributed by atoms with E-state index < -0.39 is 10.1 Å². The summed E-state index contributed by atoms with van der Waals surface area (Å²) in [5, 5.41) is 0. The van der Waals surface area contributed by atoms with Gasteiger partial charge < -0.3 is 4.90 Å². The highest BCUT2D eigenvalue weighted by atomic mass is 32.2. The maximum absolute atomic E-state index is 10.5. The van der Waals surface area contributed by atoms with Gasteiger partial charge in [0.05, 0.1) is 16.9 Å². The van der Waals surface area contributed by atoms with E-state index in [9.17, 15) is 8.42 Å². The van der Waals surface area contributed by atoms with Crippen molar-refractivity contribution in [2.24, 2.45) is 4.99 Å². The Hall–Kier alpha value is -2.18. The summed E-state index contributed by atoms with van der Waals surface area (Å²) in [6.45, 7) is 1.84. The molecule has 118 valence electrons. The number of hydrogen-bond donors (Lipinski definition) is 1. The van der Waals surface area contributed by atoms with Crippen LogP contribution in [0.15, 0.2) is 64.5 Å². The largest absolute Gasteiger partial charge is 0.369 e. The van der Waals surface area contributed by atoms with Gasteiger partial charge in [-0.15, -0.1) is 0 Å². The van der Waals surface area contributed by atoms with E-state index in [1.807, 2.05) is 56.3 Å². The highest BCUT2D eigenvalue weighted by Crippen LogP contribution is 2.09. The molecule has 0 unspecified atom stereocenters. The van der Waals surface area contributed by atoms with Gasteiger partial charge >= 0.3 is 0 Å². The third-order valence-electron chi connectivity index (χ3n) is 2.51. The monoisotopic (exact) mass is 320 g/mol. The van der Waals surface area contributed by atoms with Crippen molar-refractivity contribution in [3.05, 3.63) is 60.2 Å². The zero-order chi connectivity index (χ0) is 16.6. The number of aliphatic imine (C=N–C) groups is 1. The quantitative estimate of drug-likeness (QED) is 0.536. The summed E-state index contributed by atoms with van der Waals surface area (Å²) < 4.78 is 29.6. The van der Waals surface area contributed by atoms with Gasteiger partial charge in [0.1, 0.15) is 0 Å². The molecular formula is C16H20N2O3S. The van der Waals surface area contributed by atoms with Crippen molar-refractivity contribution in [3.8, 4) is 0 Å². The smallest absolute Gasteiger partial charge is 0.294 e. The van der Waals surface area contributed by atoms with Crippen molar-refractivity contribution >= 4 is 22.1 Å². The Morgan fingerprint density at radius 2 is 1.55 bits per heavy atom. The summed E-state index contributed by atoms with van der Waals surface area (Å²) in [5.41, 5.74) is 1.94. The van der Waals surface area contributed by atoms with Crippen LogP contribution in [0.5, 0.6) is 0 Å². The SMILES string of the molecule is CN(C)C=Nc1ccccc1.Cc1ccc(S(=O)(=O)O)cc1. The molecule has 6 heteroatoms. The highest BCUT2D eigenvalue weighted by Gasteiger charge is 2.06. The van der Waals surface area contributed by atoms with Crippen molar-refractivity contribution in [1.82, 2.24) is 4.90 Å². The Morgan fingerprint density at radius 3 is 2.00 bits per heavy atom. The van der Waals surface area contributed by atoms with Gasteiger partial charge in [0.2, 0.25) is 0 Å². The zero-order valence-electron chi connectivity index (χ0n) is 12.8. The molecule has 0 heterocycles. The van der Waals surface area contributed by atoms with Gasteiger partial charge in [0.25, 0.3) is 10.1 Å². The van der Waals surface area contributed by atoms with Crippen molar-refractivity contribution in [1.29, 1.82) is 0 Å². The van der Waals surface area contributed by atoms with Gasteiger partial charge in [-0.3, -0.25) is 4.55 Å². The first kappa shape index (κ1) is 17.9. The molecule has 1 N–H and O–H groups in total. The minimum absolute atomic E-state index is 0.0666. The Labute approximate surface area is 131 Å². The summed E-state index contributed by atoms with van der Waals surface area (Å²) in [6.07, 6.45) is 1.79. The predicted octanol–water partition coefficient (Wildman–Crippen LogP) is 3.15. The molecule has 5 nitrogen and oxygen atoms in total. The summed E-state index contributed by atoms with van der Waals surface area (Å²) >= 11 is 0. The van der Waals surface area contributed by atoms with Gasteiger partial charge in [-0.1, -0.05) is 35.9 Å². The summed E-state index contributed by atoms with van der Waals surface area (Å²) in [5.74, 6) is 0. The molecule has 2 aromatic carbocycles. The van der Waals surface area contributed by atoms with Crippen LogP contribution in [0.4, 0.5) is 5.69 Å². The van der Waals surface area contributed by atoms with E-state index in [0.717, 1.165) is 11.3 Å². The molecule has 0 saturated heterocycles. The Morgan fingerprint density at radius 1 is 1.00 bits per heavy atom. The van der Waals surface area contributed by atoms with Crippen LogP contribution in [0.2, 0.25) is 0 Å². The van der Waals surface area contributed by atoms with Crippen LogP contribution in [-0.4, -0.2) is 38.3 Å². The average Bonchev–Trinajstić information content (AvgIpc) is 2.46. The molecule has 2 aromatic rings. The lowest BCUT2D eigenvalue weighted by atomic mass is 10.2. The highest BCUT2D eigenvalue weighted by molar-refractivity contribution is 7.85. The Kier molecular flexibility index (Phi) is 6.75. The van der Waals surface area contributed by atoms with E-state index in [4.69, 9.17) is 4.55 Å². The molecule has 0 bridgehead atoms. The molecule has 22 heavy (non-hydrogen) atoms. The lowest BCUT2D eigenvalue weighted by Gasteiger charge is -2.01. The molecule has 0 fully saturated rings. The first-order valence-electron chi connectivity index (χ1n) is 6.59. The fourth-order valence-corrected chi connectivity index (χ4v) is 1.89. The van der Waals surface area contributed by atoms with E-state index in [2.05, 4.69) is 4.99 Å². The minimum atomic E-state index is -4.02. The van der Waals surface area contributed by atoms with Crippen molar-refractivity contribution in [2.45, 2.75) is 11.8 Å². The number of benzene rings is 2. The number of para-hydroxylation sites is 1. The van der Waals surface area contributed by atoms with E-state index >= 15 is 0 Å². The maximum Gasteiger partial charge on any atom is 0.294 e. The fraction of sp³-hybridized carbons (Fsp3) is 0.188. The van der Waals surface area contributed by atoms with E-state index in [0.29, 0.717) is 0 Å². The number of rotatable bonds is 3. The van der Waals surface area contributed by atoms with E-state index in [1.165, 1.54) is 12.1 Å². The Balaban J connectivity index is 0.000000220. The molecule has 0 aromatic heterocycles. The fourth-order valence-electron chi connectivity index (χ4n) is 1.41. The van der Waals surface area contributed by atoms with Crippen LogP contribution in [-0.2, 0) is 10.1 Å². The van der Waals surface area contributed by atoms with Gasteiger partial charge in [0, 0.05) is 14.1 Å². The minimum Gasteiger partial charge on any atom is -0.369 e. The maximum atomic E-state index is 10.5. The molecular weight excluding hydrogens is 300 g/mol. The molecule has 2 rings (SSSR count). The molecule has 0 aliphatic heterocycles. The van der Waals surface area contributed by atoms with Crippen LogP contribution in [0, 0.1) is 6.92 Å². The molecule has 0 aliphatic carbocycles. The summed E-state index contributed by atoms with van der Waals surface area (Å²) in [6, 6.07) is 15.9. The molecule has 0 radical (unpaired) electrons. The second-order valence-corrected chi connectivity index (χ2v) is 6.25. The van der Waals surface area contributed by atoms with Gasteiger partial charge in [0.15, 0.2) is 0 Å². The Bertz CT molecular complexity index is 694. The van der Waals surface area contributed by atoms with Crippen LogP contribution >= 0.6 is 0 Å². The van der Waals surface area contributed by atoms with Crippen LogP contribution in [0.25, 0.3) is 0 Å². The second kappa shape index (κ2) is 8.31.